The molecule has 0 N–H and O–H groups in total. The van der Waals surface area contributed by atoms with E-state index in [1.54, 1.807) is 0 Å². The van der Waals surface area contributed by atoms with Crippen molar-refractivity contribution >= 4 is 28.6 Å². The van der Waals surface area contributed by atoms with Gasteiger partial charge in [0.05, 0.1) is 0 Å². The van der Waals surface area contributed by atoms with Gasteiger partial charge in [0.2, 0.25) is 16.6 Å². The van der Waals surface area contributed by atoms with Gasteiger partial charge < -0.3 is 8.85 Å². The van der Waals surface area contributed by atoms with Crippen LogP contribution in [0, 0.1) is 0 Å². The fourth-order valence-electron chi connectivity index (χ4n) is 2.11. The van der Waals surface area contributed by atoms with Crippen LogP contribution in [0.15, 0.2) is 0 Å². The first-order valence-electron chi connectivity index (χ1n) is 8.05. The molecule has 0 aliphatic rings. The summed E-state index contributed by atoms with van der Waals surface area (Å²) in [5.41, 5.74) is 0. The van der Waals surface area contributed by atoms with Gasteiger partial charge in [-0.1, -0.05) is 39.5 Å². The number of hydrogen-bond donors (Lipinski definition) is 0. The molecule has 0 bridgehead atoms. The Morgan fingerprint density at radius 2 is 1.10 bits per heavy atom. The molecule has 6 heteroatoms. The lowest BCUT2D eigenvalue weighted by Crippen LogP contribution is -2.37. The Hall–Kier alpha value is -0.626. The summed E-state index contributed by atoms with van der Waals surface area (Å²) >= 11 is 0. The lowest BCUT2D eigenvalue weighted by Gasteiger charge is -2.24. The average molecular weight is 333 g/mol. The molecule has 0 radical (unpaired) electrons. The number of unbranched alkanes of at least 4 members (excludes halogenated alkanes) is 2. The number of carbonyl (C=O) groups is 2. The van der Waals surface area contributed by atoms with Crippen molar-refractivity contribution in [2.45, 2.75) is 84.2 Å². The van der Waals surface area contributed by atoms with Crippen LogP contribution in [-0.2, 0) is 18.4 Å². The lowest BCUT2D eigenvalue weighted by molar-refractivity contribution is -0.145. The van der Waals surface area contributed by atoms with Crippen LogP contribution >= 0.6 is 0 Å². The normalized spacial score (nSPS) is 12.1. The molecule has 0 aromatic heterocycles. The van der Waals surface area contributed by atoms with Gasteiger partial charge in [-0.15, -0.1) is 0 Å². The van der Waals surface area contributed by atoms with Gasteiger partial charge >= 0.3 is 11.9 Å². The van der Waals surface area contributed by atoms with Crippen LogP contribution in [0.2, 0.25) is 38.3 Å². The van der Waals surface area contributed by atoms with Gasteiger partial charge in [-0.05, 0) is 38.3 Å². The Balaban J connectivity index is 4.23. The summed E-state index contributed by atoms with van der Waals surface area (Å²) in [5.74, 6) is -0.846. The minimum atomic E-state index is -1.98. The summed E-state index contributed by atoms with van der Waals surface area (Å²) in [6.07, 6.45) is 4.06. The first-order valence-corrected chi connectivity index (χ1v) is 14.3. The summed E-state index contributed by atoms with van der Waals surface area (Å²) in [7, 11) is -3.96. The van der Waals surface area contributed by atoms with Crippen LogP contribution in [0.25, 0.3) is 0 Å². The zero-order chi connectivity index (χ0) is 16.5. The molecular formula is C15H32O4Si2. The molecule has 0 aromatic carbocycles. The van der Waals surface area contributed by atoms with Crippen molar-refractivity contribution in [3.8, 4) is 0 Å². The first kappa shape index (κ1) is 20.4. The maximum absolute atomic E-state index is 11.9. The molecule has 0 unspecified atom stereocenters. The first-order chi connectivity index (χ1) is 9.62. The quantitative estimate of drug-likeness (QED) is 0.437. The number of carbonyl (C=O) groups excluding carboxylic acids is 2. The SMILES string of the molecule is CCCC[Si](C)(C)OC(=O)CC(=O)O[Si](C)(C)CCCC. The van der Waals surface area contributed by atoms with Crippen molar-refractivity contribution < 1.29 is 18.4 Å². The monoisotopic (exact) mass is 332 g/mol. The zero-order valence-electron chi connectivity index (χ0n) is 14.6. The van der Waals surface area contributed by atoms with E-state index in [0.717, 1.165) is 37.8 Å². The summed E-state index contributed by atoms with van der Waals surface area (Å²) in [6.45, 7) is 12.3. The van der Waals surface area contributed by atoms with Crippen molar-refractivity contribution in [1.82, 2.24) is 0 Å². The summed E-state index contributed by atoms with van der Waals surface area (Å²) in [6, 6.07) is 1.89. The predicted molar refractivity (Wildman–Crippen MR) is 91.2 cm³/mol. The van der Waals surface area contributed by atoms with Gasteiger partial charge in [-0.2, -0.15) is 0 Å². The molecule has 21 heavy (non-hydrogen) atoms. The number of rotatable bonds is 10. The van der Waals surface area contributed by atoms with Crippen LogP contribution in [0.5, 0.6) is 0 Å². The topological polar surface area (TPSA) is 52.6 Å². The van der Waals surface area contributed by atoms with Crippen molar-refractivity contribution in [1.29, 1.82) is 0 Å². The Labute approximate surface area is 131 Å². The van der Waals surface area contributed by atoms with E-state index in [0.29, 0.717) is 0 Å². The molecule has 0 aliphatic heterocycles. The lowest BCUT2D eigenvalue weighted by atomic mass is 10.4. The highest BCUT2D eigenvalue weighted by Crippen LogP contribution is 2.18. The average Bonchev–Trinajstić information content (AvgIpc) is 2.32. The molecule has 0 fully saturated rings. The second kappa shape index (κ2) is 9.40. The van der Waals surface area contributed by atoms with Crippen LogP contribution in [0.3, 0.4) is 0 Å². The fraction of sp³-hybridized carbons (Fsp3) is 0.867. The fourth-order valence-corrected chi connectivity index (χ4v) is 6.10. The standard InChI is InChI=1S/C15H32O4Si2/c1-7-9-11-20(3,4)18-14(16)13-15(17)19-21(5,6)12-10-8-2/h7-13H2,1-6H3. The van der Waals surface area contributed by atoms with Crippen LogP contribution < -0.4 is 0 Å². The summed E-state index contributed by atoms with van der Waals surface area (Å²) in [4.78, 5) is 23.7. The molecule has 4 nitrogen and oxygen atoms in total. The highest BCUT2D eigenvalue weighted by atomic mass is 28.4. The second-order valence-electron chi connectivity index (χ2n) is 6.85. The van der Waals surface area contributed by atoms with Crippen molar-refractivity contribution in [2.24, 2.45) is 0 Å². The highest BCUT2D eigenvalue weighted by Gasteiger charge is 2.30. The molecule has 0 heterocycles. The zero-order valence-corrected chi connectivity index (χ0v) is 16.6. The summed E-state index contributed by atoms with van der Waals surface area (Å²) in [5, 5.41) is 0. The molecule has 0 rings (SSSR count). The molecule has 0 saturated heterocycles. The van der Waals surface area contributed by atoms with E-state index in [2.05, 4.69) is 13.8 Å². The highest BCUT2D eigenvalue weighted by molar-refractivity contribution is 6.73. The Bertz CT molecular complexity index is 309. The maximum Gasteiger partial charge on any atom is 0.303 e. The van der Waals surface area contributed by atoms with Gasteiger partial charge in [0.25, 0.3) is 0 Å². The van der Waals surface area contributed by atoms with E-state index in [1.165, 1.54) is 0 Å². The van der Waals surface area contributed by atoms with Crippen molar-refractivity contribution in [2.75, 3.05) is 0 Å². The van der Waals surface area contributed by atoms with E-state index in [9.17, 15) is 9.59 Å². The smallest absolute Gasteiger partial charge is 0.303 e. The third-order valence-electron chi connectivity index (χ3n) is 3.33. The third kappa shape index (κ3) is 10.7. The summed E-state index contributed by atoms with van der Waals surface area (Å²) < 4.78 is 11.0. The van der Waals surface area contributed by atoms with Crippen molar-refractivity contribution in [3.63, 3.8) is 0 Å². The van der Waals surface area contributed by atoms with E-state index >= 15 is 0 Å². The largest absolute Gasteiger partial charge is 0.519 e. The van der Waals surface area contributed by atoms with E-state index in [-0.39, 0.29) is 6.42 Å². The van der Waals surface area contributed by atoms with Gasteiger partial charge in [0, 0.05) is 0 Å². The Morgan fingerprint density at radius 3 is 1.38 bits per heavy atom. The second-order valence-corrected chi connectivity index (χ2v) is 15.3. The molecule has 0 saturated carbocycles. The maximum atomic E-state index is 11.9. The van der Waals surface area contributed by atoms with Crippen LogP contribution in [-0.4, -0.2) is 28.6 Å². The molecule has 124 valence electrons. The Morgan fingerprint density at radius 1 is 0.762 bits per heavy atom. The minimum absolute atomic E-state index is 0.245. The molecule has 0 aromatic rings. The number of hydrogen-bond acceptors (Lipinski definition) is 4. The molecule has 0 amide bonds. The minimum Gasteiger partial charge on any atom is -0.519 e. The Kier molecular flexibility index (Phi) is 9.12. The molecule has 0 spiro atoms. The molecule has 0 aliphatic carbocycles. The van der Waals surface area contributed by atoms with E-state index in [1.807, 2.05) is 26.2 Å². The van der Waals surface area contributed by atoms with Gasteiger partial charge in [0.15, 0.2) is 0 Å². The third-order valence-corrected chi connectivity index (χ3v) is 8.01. The molecular weight excluding hydrogens is 300 g/mol. The van der Waals surface area contributed by atoms with Gasteiger partial charge in [-0.3, -0.25) is 9.59 Å². The van der Waals surface area contributed by atoms with Gasteiger partial charge in [-0.25, -0.2) is 0 Å². The van der Waals surface area contributed by atoms with Gasteiger partial charge in [0.1, 0.15) is 6.42 Å². The van der Waals surface area contributed by atoms with Crippen LogP contribution in [0.4, 0.5) is 0 Å². The van der Waals surface area contributed by atoms with E-state index < -0.39 is 28.6 Å². The molecule has 0 atom stereocenters. The van der Waals surface area contributed by atoms with E-state index in [4.69, 9.17) is 8.85 Å². The van der Waals surface area contributed by atoms with Crippen molar-refractivity contribution in [3.05, 3.63) is 0 Å². The van der Waals surface area contributed by atoms with Crippen LogP contribution in [0.1, 0.15) is 46.0 Å². The predicted octanol–water partition coefficient (Wildman–Crippen LogP) is 4.47.